The number of urea groups is 1. The fraction of sp³-hybridized carbons (Fsp3) is 0.653. The molecular weight excluding hydrogens is 1330 g/mol. The molecule has 0 saturated carbocycles. The van der Waals surface area contributed by atoms with Crippen molar-refractivity contribution in [3.63, 3.8) is 0 Å². The number of methoxy groups -OCH3 is 1. The first kappa shape index (κ1) is 88.4. The Hall–Kier alpha value is -8.81. The zero-order chi connectivity index (χ0) is 77.4. The number of nitrogens with two attached hydrogens (primary N) is 3. The molecule has 2 aromatic carbocycles. The van der Waals surface area contributed by atoms with Crippen molar-refractivity contribution in [3.8, 4) is 0 Å². The molecule has 1 aliphatic heterocycles. The van der Waals surface area contributed by atoms with Crippen LogP contribution in [0.5, 0.6) is 0 Å². The highest BCUT2D eigenvalue weighted by molar-refractivity contribution is 6.01. The van der Waals surface area contributed by atoms with Crippen LogP contribution in [-0.4, -0.2) is 212 Å². The smallest absolute Gasteiger partial charge is 0.410 e. The van der Waals surface area contributed by atoms with Crippen molar-refractivity contribution in [1.29, 1.82) is 0 Å². The van der Waals surface area contributed by atoms with Crippen LogP contribution in [-0.2, 0) is 68.8 Å². The molecule has 103 heavy (non-hydrogen) atoms. The highest BCUT2D eigenvalue weighted by Gasteiger charge is 2.42. The molecule has 2 aromatic rings. The molecule has 31 heteroatoms. The average Bonchev–Trinajstić information content (AvgIpc) is 1.56. The van der Waals surface area contributed by atoms with Gasteiger partial charge in [-0.15, -0.1) is 0 Å². The molecule has 0 unspecified atom stereocenters. The van der Waals surface area contributed by atoms with Gasteiger partial charge in [0.05, 0.1) is 43.9 Å². The number of hydrogen-bond donors (Lipinski definition) is 12. The third kappa shape index (κ3) is 29.1. The third-order valence-electron chi connectivity index (χ3n) is 18.3. The van der Waals surface area contributed by atoms with Crippen LogP contribution in [0, 0.1) is 29.6 Å². The number of likely N-dealkylation sites (N-methyl/N-ethyl adjacent to an activating group) is 2. The number of likely N-dealkylation sites (tertiary alicyclic amines) is 1. The van der Waals surface area contributed by atoms with Gasteiger partial charge in [-0.2, -0.15) is 0 Å². The van der Waals surface area contributed by atoms with Gasteiger partial charge in [0.25, 0.3) is 5.91 Å². The molecule has 12 atom stereocenters. The minimum atomic E-state index is -1.36. The highest BCUT2D eigenvalue weighted by Crippen LogP contribution is 2.30. The molecule has 15 N–H and O–H groups in total. The number of benzene rings is 2. The van der Waals surface area contributed by atoms with Gasteiger partial charge in [-0.05, 0) is 93.7 Å². The Morgan fingerprint density at radius 1 is 0.699 bits per heavy atom. The summed E-state index contributed by atoms with van der Waals surface area (Å²) in [7, 11) is 4.46. The van der Waals surface area contributed by atoms with Crippen molar-refractivity contribution in [2.45, 2.75) is 214 Å². The molecule has 0 aliphatic carbocycles. The van der Waals surface area contributed by atoms with Gasteiger partial charge < -0.3 is 88.9 Å². The molecule has 1 saturated heterocycles. The van der Waals surface area contributed by atoms with Crippen LogP contribution in [0.15, 0.2) is 48.5 Å². The van der Waals surface area contributed by atoms with Crippen molar-refractivity contribution >= 4 is 82.7 Å². The van der Waals surface area contributed by atoms with E-state index in [0.29, 0.717) is 31.4 Å². The van der Waals surface area contributed by atoms with Crippen LogP contribution >= 0.6 is 0 Å². The van der Waals surface area contributed by atoms with Gasteiger partial charge in [0.15, 0.2) is 0 Å². The normalized spacial score (nSPS) is 16.0. The molecule has 1 aliphatic rings. The molecule has 31 nitrogen and oxygen atoms in total. The van der Waals surface area contributed by atoms with Gasteiger partial charge in [0.2, 0.25) is 53.2 Å². The number of ketones is 1. The van der Waals surface area contributed by atoms with Crippen LogP contribution in [0.1, 0.15) is 174 Å². The number of amides is 13. The molecule has 0 radical (unpaired) electrons. The summed E-state index contributed by atoms with van der Waals surface area (Å²) in [6, 6.07) is 4.59. The number of ether oxygens (including phenoxy) is 3. The molecule has 0 aromatic heterocycles. The zero-order valence-corrected chi connectivity index (χ0v) is 62.6. The summed E-state index contributed by atoms with van der Waals surface area (Å²) in [6.45, 7) is 19.1. The SMILES string of the molecule is CC[C@H](C)[C@@H]([C@@H](CC(=O)N1CCC[C@H]1C[C@@H](C)C(=O)N[C@H](C)[C@@H](O)c1ccccc1)OC)N(C)C(=O)[C@@H](NC(=O)[C@H](C(C)C)N(C)C(=O)OCc1ccc(NC(=O)[C@H](CCCNC(N)=O)NC(=O)[C@@H](NC(=O)[C@H](CCC(N)=O)NC(=O)CCOCCC(C)=O)C(C)C)cc1C(=O)NCCN)C(C)C. The average molecular weight is 1450 g/mol. The molecule has 0 spiro atoms. The Balaban J connectivity index is 1.83. The Bertz CT molecular complexity index is 3160. The Morgan fingerprint density at radius 3 is 1.93 bits per heavy atom. The zero-order valence-electron chi connectivity index (χ0n) is 62.6. The number of nitrogens with one attached hydrogen (secondary N) is 8. The molecule has 576 valence electrons. The number of aliphatic hydroxyl groups excluding tert-OH is 1. The fourth-order valence-electron chi connectivity index (χ4n) is 12.2. The molecule has 3 rings (SSSR count). The summed E-state index contributed by atoms with van der Waals surface area (Å²) in [4.78, 5) is 179. The van der Waals surface area contributed by atoms with Crippen molar-refractivity contribution in [2.75, 3.05) is 65.9 Å². The summed E-state index contributed by atoms with van der Waals surface area (Å²) in [5.74, 6) is -8.50. The second kappa shape index (κ2) is 44.6. The predicted molar refractivity (Wildman–Crippen MR) is 385 cm³/mol. The maximum Gasteiger partial charge on any atom is 0.410 e. The van der Waals surface area contributed by atoms with Gasteiger partial charge in [0, 0.05) is 95.4 Å². The largest absolute Gasteiger partial charge is 0.445 e. The molecule has 1 heterocycles. The van der Waals surface area contributed by atoms with Gasteiger partial charge in [-0.1, -0.05) is 105 Å². The minimum Gasteiger partial charge on any atom is -0.445 e. The van der Waals surface area contributed by atoms with E-state index in [2.05, 4.69) is 42.5 Å². The molecule has 1 fully saturated rings. The maximum absolute atomic E-state index is 14.9. The highest BCUT2D eigenvalue weighted by atomic mass is 16.6. The molecule has 13 amide bonds. The van der Waals surface area contributed by atoms with Crippen LogP contribution < -0.4 is 59.7 Å². The lowest BCUT2D eigenvalue weighted by Crippen LogP contribution is -2.60. The van der Waals surface area contributed by atoms with Crippen molar-refractivity contribution < 1.29 is 81.6 Å². The number of nitrogens with zero attached hydrogens (tertiary/aromatic N) is 3. The number of anilines is 1. The molecule has 0 bridgehead atoms. The Morgan fingerprint density at radius 2 is 1.34 bits per heavy atom. The van der Waals surface area contributed by atoms with Gasteiger partial charge in [-0.25, -0.2) is 9.59 Å². The van der Waals surface area contributed by atoms with Crippen LogP contribution in [0.4, 0.5) is 15.3 Å². The van der Waals surface area contributed by atoms with Crippen LogP contribution in [0.25, 0.3) is 0 Å². The van der Waals surface area contributed by atoms with E-state index < -0.39 is 144 Å². The first-order valence-corrected chi connectivity index (χ1v) is 35.6. The number of hydrogen-bond acceptors (Lipinski definition) is 18. The van der Waals surface area contributed by atoms with Crippen LogP contribution in [0.2, 0.25) is 0 Å². The predicted octanol–water partition coefficient (Wildman–Crippen LogP) is 2.79. The number of carbonyl (C=O) groups excluding carboxylic acids is 13. The standard InChI is InChI=1S/C72H116N14O17/c1-15-44(8)62(55(101-14)39-58(90)86-34-20-23-51(86)37-45(9)64(92)78-47(11)63(91)48-21-17-16-18-22-48)84(12)70(98)60(42(4)5)83-69(97)61(43(6)7)85(13)72(100)103-40-49-25-26-50(38-52(49)65(93)76-33-31-73)79-66(94)53(24-19-32-77-71(75)99)81-68(96)59(41(2)3)82-67(95)54(27-28-56(74)88)80-57(89)30-36-102-35-29-46(10)87/h16-18,21-22,25-26,38,41-45,47,51,53-55,59-63,91H,15,19-20,23-24,27-37,39-40,73H2,1-14H3,(H2,74,88)(H,76,93)(H,78,92)(H,79,94)(H,80,89)(H,81,96)(H,82,95)(H,83,97)(H3,75,77,99)/t44-,45+,47+,51-,53-,54-,55+,59-,60-,61-,62-,63+/m0/s1. The van der Waals surface area contributed by atoms with E-state index in [0.717, 1.165) is 11.3 Å². The summed E-state index contributed by atoms with van der Waals surface area (Å²) in [6.07, 6.45) is -0.884. The molecular formula is C72H116N14O17. The first-order valence-electron chi connectivity index (χ1n) is 35.6. The lowest BCUT2D eigenvalue weighted by molar-refractivity contribution is -0.146. The topological polar surface area (TPSA) is 454 Å². The Kier molecular flexibility index (Phi) is 38.3. The van der Waals surface area contributed by atoms with E-state index in [1.807, 2.05) is 32.0 Å². The second-order valence-corrected chi connectivity index (χ2v) is 27.6. The fourth-order valence-corrected chi connectivity index (χ4v) is 12.2. The minimum absolute atomic E-state index is 0.00680. The van der Waals surface area contributed by atoms with Crippen LogP contribution in [0.3, 0.4) is 0 Å². The Labute approximate surface area is 605 Å². The van der Waals surface area contributed by atoms with Crippen molar-refractivity contribution in [2.24, 2.45) is 46.8 Å². The monoisotopic (exact) mass is 1450 g/mol. The summed E-state index contributed by atoms with van der Waals surface area (Å²) >= 11 is 0. The lowest BCUT2D eigenvalue weighted by atomic mass is 9.89. The second-order valence-electron chi connectivity index (χ2n) is 27.6. The number of primary amides is 2. The van der Waals surface area contributed by atoms with Gasteiger partial charge >= 0.3 is 12.1 Å². The summed E-state index contributed by atoms with van der Waals surface area (Å²) < 4.78 is 17.2. The number of aliphatic hydroxyl groups is 1. The van der Waals surface area contributed by atoms with Gasteiger partial charge in [0.1, 0.15) is 42.6 Å². The van der Waals surface area contributed by atoms with E-state index in [-0.39, 0.29) is 124 Å². The third-order valence-corrected chi connectivity index (χ3v) is 18.3. The first-order chi connectivity index (χ1) is 48.6. The maximum atomic E-state index is 14.9. The lowest BCUT2D eigenvalue weighted by Gasteiger charge is -2.40. The number of rotatable bonds is 45. The summed E-state index contributed by atoms with van der Waals surface area (Å²) in [5, 5.41) is 32.4. The quantitative estimate of drug-likeness (QED) is 0.0424. The van der Waals surface area contributed by atoms with Gasteiger partial charge in [-0.3, -0.25) is 57.6 Å². The van der Waals surface area contributed by atoms with E-state index >= 15 is 0 Å². The summed E-state index contributed by atoms with van der Waals surface area (Å²) in [5.41, 5.74) is 17.2. The van der Waals surface area contributed by atoms with Crippen molar-refractivity contribution in [1.82, 2.24) is 51.9 Å². The van der Waals surface area contributed by atoms with Crippen molar-refractivity contribution in [3.05, 3.63) is 65.2 Å². The van der Waals surface area contributed by atoms with E-state index in [9.17, 15) is 67.4 Å². The number of Topliss-reactive ketones (excluding diaryl/α,β-unsaturated/α-hetero) is 1. The number of carbonyl (C=O) groups is 13. The van der Waals surface area contributed by atoms with E-state index in [1.54, 1.807) is 79.5 Å². The van der Waals surface area contributed by atoms with E-state index in [4.69, 9.17) is 31.4 Å². The van der Waals surface area contributed by atoms with E-state index in [1.165, 1.54) is 44.2 Å².